The second-order valence-electron chi connectivity index (χ2n) is 12.1. The molecule has 3 aliphatic rings. The summed E-state index contributed by atoms with van der Waals surface area (Å²) >= 11 is 0. The average molecular weight is 595 g/mol. The Bertz CT molecular complexity index is 1610. The van der Waals surface area contributed by atoms with Crippen molar-refractivity contribution in [2.24, 2.45) is 0 Å². The van der Waals surface area contributed by atoms with Crippen LogP contribution in [-0.2, 0) is 25.7 Å². The van der Waals surface area contributed by atoms with Crippen molar-refractivity contribution in [1.82, 2.24) is 9.80 Å². The van der Waals surface area contributed by atoms with Crippen molar-refractivity contribution >= 4 is 0 Å². The van der Waals surface area contributed by atoms with E-state index in [1.807, 2.05) is 24.3 Å². The van der Waals surface area contributed by atoms with E-state index in [2.05, 4.69) is 48.2 Å². The van der Waals surface area contributed by atoms with Crippen molar-refractivity contribution in [3.8, 4) is 46.0 Å². The molecule has 0 saturated carbocycles. The molecule has 0 amide bonds. The number of benzene rings is 4. The third kappa shape index (κ3) is 5.08. The minimum absolute atomic E-state index is 0.0535. The topological polar surface area (TPSA) is 83.9 Å². The van der Waals surface area contributed by atoms with Gasteiger partial charge in [-0.3, -0.25) is 9.80 Å². The zero-order chi connectivity index (χ0) is 30.5. The highest BCUT2D eigenvalue weighted by molar-refractivity contribution is 5.56. The summed E-state index contributed by atoms with van der Waals surface area (Å²) < 4.78 is 24.5. The molecule has 0 fully saturated rings. The molecular weight excluding hydrogens is 556 g/mol. The Balaban J connectivity index is 1.42. The summed E-state index contributed by atoms with van der Waals surface area (Å²) in [6.07, 6.45) is 3.16. The number of fused-ring (bicyclic) bond motifs is 6. The van der Waals surface area contributed by atoms with E-state index in [0.717, 1.165) is 48.2 Å². The predicted octanol–water partition coefficient (Wildman–Crippen LogP) is 6.56. The van der Waals surface area contributed by atoms with Crippen LogP contribution in [0.2, 0.25) is 0 Å². The van der Waals surface area contributed by atoms with Gasteiger partial charge < -0.3 is 29.2 Å². The molecule has 3 aliphatic heterocycles. The molecule has 0 aliphatic carbocycles. The zero-order valence-electron chi connectivity index (χ0n) is 25.6. The number of phenols is 2. The molecule has 0 saturated heterocycles. The molecule has 44 heavy (non-hydrogen) atoms. The number of phenolic OH excluding ortho intramolecular Hbond substituents is 2. The summed E-state index contributed by atoms with van der Waals surface area (Å²) in [5.41, 5.74) is 6.76. The number of nitrogens with zero attached hydrogens (tertiary/aromatic N) is 2. The van der Waals surface area contributed by atoms with E-state index in [-0.39, 0.29) is 23.6 Å². The summed E-state index contributed by atoms with van der Waals surface area (Å²) in [7, 11) is 7.55. The summed E-state index contributed by atoms with van der Waals surface area (Å²) in [5, 5.41) is 21.8. The predicted molar refractivity (Wildman–Crippen MR) is 168 cm³/mol. The van der Waals surface area contributed by atoms with E-state index < -0.39 is 0 Å². The SMILES string of the molecule is COc1cc2c3cc1Oc1cc(ccc1O)CC1c4cc(c(OC)cc4CCN1C)Oc1cc(ccc1O)CC3N(C)CC2. The summed E-state index contributed by atoms with van der Waals surface area (Å²) in [6, 6.07) is 19.5. The van der Waals surface area contributed by atoms with Gasteiger partial charge in [-0.1, -0.05) is 12.1 Å². The molecule has 2 atom stereocenters. The molecule has 8 heteroatoms. The molecule has 228 valence electrons. The van der Waals surface area contributed by atoms with Crippen LogP contribution in [0.15, 0.2) is 60.7 Å². The van der Waals surface area contributed by atoms with Crippen LogP contribution in [-0.4, -0.2) is 61.4 Å². The standard InChI is InChI=1S/C36H38N2O6/c1-37-11-9-23-17-33(41-3)35-19-25(23)27(37)13-21-5-7-29(39)31(15-21)44-36-20-26-24(18-34(36)42-4)10-12-38(2)28(26)14-22-6-8-30(40)32(16-22)43-35/h5-8,15-20,27-28,39-40H,9-14H2,1-4H3. The second kappa shape index (κ2) is 11.3. The second-order valence-corrected chi connectivity index (χ2v) is 12.1. The van der Waals surface area contributed by atoms with E-state index >= 15 is 0 Å². The average Bonchev–Trinajstić information content (AvgIpc) is 3.02. The van der Waals surface area contributed by atoms with E-state index in [9.17, 15) is 10.2 Å². The maximum absolute atomic E-state index is 10.9. The first-order valence-electron chi connectivity index (χ1n) is 15.1. The molecular formula is C36H38N2O6. The molecule has 4 aromatic rings. The molecule has 7 rings (SSSR count). The molecule has 8 bridgehead atoms. The van der Waals surface area contributed by atoms with Crippen LogP contribution in [0.3, 0.4) is 0 Å². The Kier molecular flexibility index (Phi) is 7.26. The first-order valence-corrected chi connectivity index (χ1v) is 15.1. The van der Waals surface area contributed by atoms with Crippen LogP contribution < -0.4 is 18.9 Å². The number of aromatic hydroxyl groups is 2. The Morgan fingerprint density at radius 2 is 1.05 bits per heavy atom. The third-order valence-electron chi connectivity index (χ3n) is 9.45. The van der Waals surface area contributed by atoms with Gasteiger partial charge in [-0.15, -0.1) is 0 Å². The van der Waals surface area contributed by atoms with Gasteiger partial charge in [0.25, 0.3) is 0 Å². The van der Waals surface area contributed by atoms with Crippen LogP contribution in [0.25, 0.3) is 0 Å². The van der Waals surface area contributed by atoms with Crippen molar-refractivity contribution in [2.45, 2.75) is 37.8 Å². The molecule has 2 N–H and O–H groups in total. The van der Waals surface area contributed by atoms with Crippen molar-refractivity contribution in [1.29, 1.82) is 0 Å². The minimum atomic E-state index is 0.0535. The van der Waals surface area contributed by atoms with Crippen LogP contribution >= 0.6 is 0 Å². The lowest BCUT2D eigenvalue weighted by molar-refractivity contribution is 0.227. The highest BCUT2D eigenvalue weighted by atomic mass is 16.5. The highest BCUT2D eigenvalue weighted by Gasteiger charge is 2.30. The molecule has 8 nitrogen and oxygen atoms in total. The largest absolute Gasteiger partial charge is 0.504 e. The molecule has 0 radical (unpaired) electrons. The van der Waals surface area contributed by atoms with Crippen LogP contribution in [0.4, 0.5) is 0 Å². The van der Waals surface area contributed by atoms with Crippen molar-refractivity contribution in [2.75, 3.05) is 41.4 Å². The first-order chi connectivity index (χ1) is 21.3. The van der Waals surface area contributed by atoms with E-state index in [1.165, 1.54) is 11.1 Å². The van der Waals surface area contributed by atoms with Gasteiger partial charge in [-0.25, -0.2) is 0 Å². The van der Waals surface area contributed by atoms with E-state index in [0.29, 0.717) is 47.3 Å². The Labute approximate surface area is 258 Å². The number of hydrogen-bond donors (Lipinski definition) is 2. The molecule has 3 heterocycles. The van der Waals surface area contributed by atoms with Gasteiger partial charge in [0, 0.05) is 25.2 Å². The van der Waals surface area contributed by atoms with Gasteiger partial charge in [0.1, 0.15) is 0 Å². The van der Waals surface area contributed by atoms with Gasteiger partial charge in [-0.2, -0.15) is 0 Å². The lowest BCUT2D eigenvalue weighted by Crippen LogP contribution is -2.33. The fourth-order valence-electron chi connectivity index (χ4n) is 6.90. The summed E-state index contributed by atoms with van der Waals surface area (Å²) in [5.74, 6) is 3.32. The fraction of sp³-hybridized carbons (Fsp3) is 0.333. The Morgan fingerprint density at radius 3 is 1.45 bits per heavy atom. The Morgan fingerprint density at radius 1 is 0.614 bits per heavy atom. The fourth-order valence-corrected chi connectivity index (χ4v) is 6.90. The maximum atomic E-state index is 10.9. The minimum Gasteiger partial charge on any atom is -0.504 e. The molecule has 2 unspecified atom stereocenters. The van der Waals surface area contributed by atoms with Gasteiger partial charge in [-0.05, 0) is 122 Å². The van der Waals surface area contributed by atoms with E-state index in [4.69, 9.17) is 18.9 Å². The molecule has 0 spiro atoms. The number of rotatable bonds is 2. The number of ether oxygens (including phenoxy) is 4. The van der Waals surface area contributed by atoms with Gasteiger partial charge >= 0.3 is 0 Å². The molecule has 4 aromatic carbocycles. The number of methoxy groups -OCH3 is 2. The van der Waals surface area contributed by atoms with Crippen molar-refractivity contribution in [3.05, 3.63) is 94.0 Å². The van der Waals surface area contributed by atoms with Crippen LogP contribution in [0.5, 0.6) is 46.0 Å². The smallest absolute Gasteiger partial charge is 0.169 e. The number of hydrogen-bond acceptors (Lipinski definition) is 8. The maximum Gasteiger partial charge on any atom is 0.169 e. The van der Waals surface area contributed by atoms with Crippen LogP contribution in [0.1, 0.15) is 45.5 Å². The zero-order valence-corrected chi connectivity index (χ0v) is 25.6. The summed E-state index contributed by atoms with van der Waals surface area (Å²) in [6.45, 7) is 1.79. The van der Waals surface area contributed by atoms with E-state index in [1.54, 1.807) is 26.4 Å². The normalized spacial score (nSPS) is 19.6. The first kappa shape index (κ1) is 28.4. The lowest BCUT2D eigenvalue weighted by Gasteiger charge is -2.36. The highest BCUT2D eigenvalue weighted by Crippen LogP contribution is 2.46. The molecule has 0 aromatic heterocycles. The van der Waals surface area contributed by atoms with Crippen molar-refractivity contribution < 1.29 is 29.2 Å². The number of likely N-dealkylation sites (N-methyl/N-ethyl adjacent to an activating group) is 2. The lowest BCUT2D eigenvalue weighted by atomic mass is 9.88. The van der Waals surface area contributed by atoms with Gasteiger partial charge in [0.2, 0.25) is 0 Å². The Hall–Kier alpha value is -4.40. The monoisotopic (exact) mass is 594 g/mol. The van der Waals surface area contributed by atoms with Gasteiger partial charge in [0.05, 0.1) is 14.2 Å². The summed E-state index contributed by atoms with van der Waals surface area (Å²) in [4.78, 5) is 4.68. The third-order valence-corrected chi connectivity index (χ3v) is 9.45. The van der Waals surface area contributed by atoms with Gasteiger partial charge in [0.15, 0.2) is 46.0 Å². The van der Waals surface area contributed by atoms with Crippen molar-refractivity contribution in [3.63, 3.8) is 0 Å². The quantitative estimate of drug-likeness (QED) is 0.270. The van der Waals surface area contributed by atoms with Crippen LogP contribution in [0, 0.1) is 0 Å².